The van der Waals surface area contributed by atoms with Gasteiger partial charge in [-0.15, -0.1) is 0 Å². The third-order valence-corrected chi connectivity index (χ3v) is 6.64. The number of amides is 1. The van der Waals surface area contributed by atoms with E-state index in [0.717, 1.165) is 30.2 Å². The van der Waals surface area contributed by atoms with Crippen molar-refractivity contribution in [3.05, 3.63) is 52.5 Å². The first-order valence-electron chi connectivity index (χ1n) is 9.44. The molecule has 8 heteroatoms. The molecule has 2 aromatic rings. The van der Waals surface area contributed by atoms with E-state index in [4.69, 9.17) is 9.47 Å². The highest BCUT2D eigenvalue weighted by atomic mass is 79.9. The van der Waals surface area contributed by atoms with Crippen LogP contribution in [0.2, 0.25) is 0 Å². The van der Waals surface area contributed by atoms with E-state index in [0.29, 0.717) is 22.7 Å². The number of methoxy groups -OCH3 is 1. The summed E-state index contributed by atoms with van der Waals surface area (Å²) in [5.41, 5.74) is 1.10. The molecule has 1 saturated carbocycles. The number of hydrogen-bond acceptors (Lipinski definition) is 5. The molecule has 1 N–H and O–H groups in total. The van der Waals surface area contributed by atoms with Crippen LogP contribution in [0.1, 0.15) is 31.2 Å². The lowest BCUT2D eigenvalue weighted by Gasteiger charge is -2.17. The van der Waals surface area contributed by atoms with Gasteiger partial charge in [-0.3, -0.25) is 4.79 Å². The Kier molecular flexibility index (Phi) is 7.18. The number of carbonyl (C=O) groups excluding carboxylic acids is 1. The molecule has 0 saturated heterocycles. The van der Waals surface area contributed by atoms with E-state index in [9.17, 15) is 13.2 Å². The molecule has 0 radical (unpaired) electrons. The maximum atomic E-state index is 12.4. The SMILES string of the molecule is COc1ccc(NC(=O)CS(=O)(=O)Cc2cccc(Br)c2)cc1OC1CCCC1. The van der Waals surface area contributed by atoms with E-state index in [1.54, 1.807) is 43.5 Å². The molecular weight excluding hydrogens is 458 g/mol. The summed E-state index contributed by atoms with van der Waals surface area (Å²) in [6, 6.07) is 12.1. The van der Waals surface area contributed by atoms with Gasteiger partial charge in [0.05, 0.1) is 19.0 Å². The fraction of sp³-hybridized carbons (Fsp3) is 0.381. The van der Waals surface area contributed by atoms with E-state index in [2.05, 4.69) is 21.2 Å². The average Bonchev–Trinajstić information content (AvgIpc) is 3.14. The fourth-order valence-electron chi connectivity index (χ4n) is 3.36. The van der Waals surface area contributed by atoms with Crippen molar-refractivity contribution < 1.29 is 22.7 Å². The lowest BCUT2D eigenvalue weighted by atomic mass is 10.2. The number of carbonyl (C=O) groups is 1. The molecule has 0 aromatic heterocycles. The second-order valence-corrected chi connectivity index (χ2v) is 10.1. The summed E-state index contributed by atoms with van der Waals surface area (Å²) in [5.74, 6) is -0.244. The van der Waals surface area contributed by atoms with Crippen LogP contribution in [0.5, 0.6) is 11.5 Å². The van der Waals surface area contributed by atoms with Gasteiger partial charge >= 0.3 is 0 Å². The number of hydrogen-bond donors (Lipinski definition) is 1. The van der Waals surface area contributed by atoms with Gasteiger partial charge in [0.2, 0.25) is 5.91 Å². The second kappa shape index (κ2) is 9.63. The van der Waals surface area contributed by atoms with Gasteiger partial charge in [0.25, 0.3) is 0 Å². The zero-order valence-corrected chi connectivity index (χ0v) is 18.6. The van der Waals surface area contributed by atoms with Crippen LogP contribution in [0.15, 0.2) is 46.9 Å². The largest absolute Gasteiger partial charge is 0.493 e. The summed E-state index contributed by atoms with van der Waals surface area (Å²) in [7, 11) is -2.04. The molecule has 1 aliphatic carbocycles. The Balaban J connectivity index is 1.64. The summed E-state index contributed by atoms with van der Waals surface area (Å²) in [4.78, 5) is 12.3. The highest BCUT2D eigenvalue weighted by Gasteiger charge is 2.20. The first-order chi connectivity index (χ1) is 13.8. The van der Waals surface area contributed by atoms with Gasteiger partial charge in [-0.2, -0.15) is 0 Å². The second-order valence-electron chi connectivity index (χ2n) is 7.10. The van der Waals surface area contributed by atoms with Gasteiger partial charge in [0.1, 0.15) is 5.75 Å². The lowest BCUT2D eigenvalue weighted by molar-refractivity contribution is -0.113. The molecule has 2 aromatic carbocycles. The maximum Gasteiger partial charge on any atom is 0.239 e. The standard InChI is InChI=1S/C21H24BrNO5S/c1-27-19-10-9-17(12-20(19)28-18-7-2-3-8-18)23-21(24)14-29(25,26)13-15-5-4-6-16(22)11-15/h4-6,9-12,18H,2-3,7-8,13-14H2,1H3,(H,23,24). The van der Waals surface area contributed by atoms with Gasteiger partial charge in [0, 0.05) is 16.2 Å². The Morgan fingerprint density at radius 3 is 2.59 bits per heavy atom. The Labute approximate surface area is 179 Å². The number of ether oxygens (including phenoxy) is 2. The van der Waals surface area contributed by atoms with Crippen molar-refractivity contribution in [2.75, 3.05) is 18.2 Å². The Morgan fingerprint density at radius 2 is 1.90 bits per heavy atom. The molecule has 0 heterocycles. The Bertz CT molecular complexity index is 971. The van der Waals surface area contributed by atoms with E-state index >= 15 is 0 Å². The van der Waals surface area contributed by atoms with Gasteiger partial charge in [0.15, 0.2) is 21.3 Å². The van der Waals surface area contributed by atoms with Crippen LogP contribution < -0.4 is 14.8 Å². The van der Waals surface area contributed by atoms with Crippen LogP contribution in [-0.4, -0.2) is 33.3 Å². The molecule has 0 unspecified atom stereocenters. The summed E-state index contributed by atoms with van der Waals surface area (Å²) in [5, 5.41) is 2.65. The van der Waals surface area contributed by atoms with Gasteiger partial charge in [-0.25, -0.2) is 8.42 Å². The number of rotatable bonds is 8. The van der Waals surface area contributed by atoms with Crippen LogP contribution in [-0.2, 0) is 20.4 Å². The Hall–Kier alpha value is -2.06. The van der Waals surface area contributed by atoms with Gasteiger partial charge in [-0.05, 0) is 55.5 Å². The fourth-order valence-corrected chi connectivity index (χ4v) is 5.07. The topological polar surface area (TPSA) is 81.7 Å². The third kappa shape index (κ3) is 6.47. The van der Waals surface area contributed by atoms with Gasteiger partial charge < -0.3 is 14.8 Å². The van der Waals surface area contributed by atoms with Crippen molar-refractivity contribution in [3.8, 4) is 11.5 Å². The van der Waals surface area contributed by atoms with Crippen molar-refractivity contribution in [2.45, 2.75) is 37.5 Å². The monoisotopic (exact) mass is 481 g/mol. The quantitative estimate of drug-likeness (QED) is 0.606. The molecule has 6 nitrogen and oxygen atoms in total. The first kappa shape index (κ1) is 21.6. The predicted molar refractivity (Wildman–Crippen MR) is 116 cm³/mol. The molecule has 0 aliphatic heterocycles. The van der Waals surface area contributed by atoms with Crippen molar-refractivity contribution in [1.82, 2.24) is 0 Å². The maximum absolute atomic E-state index is 12.4. The highest BCUT2D eigenvalue weighted by molar-refractivity contribution is 9.10. The van der Waals surface area contributed by atoms with Crippen molar-refractivity contribution in [1.29, 1.82) is 0 Å². The van der Waals surface area contributed by atoms with Crippen molar-refractivity contribution in [3.63, 3.8) is 0 Å². The van der Waals surface area contributed by atoms with E-state index in [-0.39, 0.29) is 11.9 Å². The average molecular weight is 482 g/mol. The summed E-state index contributed by atoms with van der Waals surface area (Å²) < 4.78 is 36.9. The van der Waals surface area contributed by atoms with Crippen molar-refractivity contribution in [2.24, 2.45) is 0 Å². The Morgan fingerprint density at radius 1 is 1.14 bits per heavy atom. The minimum Gasteiger partial charge on any atom is -0.493 e. The van der Waals surface area contributed by atoms with E-state index < -0.39 is 21.5 Å². The normalized spacial score (nSPS) is 14.6. The number of sulfone groups is 1. The van der Waals surface area contributed by atoms with E-state index in [1.165, 1.54) is 0 Å². The minimum absolute atomic E-state index is 0.139. The predicted octanol–water partition coefficient (Wildman–Crippen LogP) is 4.33. The summed E-state index contributed by atoms with van der Waals surface area (Å²) in [6.07, 6.45) is 4.40. The number of nitrogens with one attached hydrogen (secondary N) is 1. The van der Waals surface area contributed by atoms with Crippen LogP contribution in [0, 0.1) is 0 Å². The minimum atomic E-state index is -3.60. The van der Waals surface area contributed by atoms with Crippen LogP contribution >= 0.6 is 15.9 Å². The number of benzene rings is 2. The molecule has 3 rings (SSSR count). The van der Waals surface area contributed by atoms with Crippen LogP contribution in [0.4, 0.5) is 5.69 Å². The molecule has 29 heavy (non-hydrogen) atoms. The molecule has 1 amide bonds. The first-order valence-corrected chi connectivity index (χ1v) is 12.1. The molecule has 0 spiro atoms. The molecule has 1 fully saturated rings. The smallest absolute Gasteiger partial charge is 0.239 e. The molecule has 156 valence electrons. The van der Waals surface area contributed by atoms with Crippen LogP contribution in [0.3, 0.4) is 0 Å². The van der Waals surface area contributed by atoms with Crippen molar-refractivity contribution >= 4 is 37.4 Å². The highest BCUT2D eigenvalue weighted by Crippen LogP contribution is 2.34. The molecule has 0 atom stereocenters. The zero-order valence-electron chi connectivity index (χ0n) is 16.2. The summed E-state index contributed by atoms with van der Waals surface area (Å²) in [6.45, 7) is 0. The van der Waals surface area contributed by atoms with Crippen LogP contribution in [0.25, 0.3) is 0 Å². The zero-order chi connectivity index (χ0) is 20.9. The van der Waals surface area contributed by atoms with Gasteiger partial charge in [-0.1, -0.05) is 28.1 Å². The third-order valence-electron chi connectivity index (χ3n) is 4.67. The molecule has 0 bridgehead atoms. The lowest BCUT2D eigenvalue weighted by Crippen LogP contribution is -2.24. The molecular formula is C21H24BrNO5S. The number of anilines is 1. The molecule has 1 aliphatic rings. The number of halogens is 1. The van der Waals surface area contributed by atoms with E-state index in [1.807, 2.05) is 6.07 Å². The summed E-state index contributed by atoms with van der Waals surface area (Å²) >= 11 is 3.32.